The molecule has 18 heavy (non-hydrogen) atoms. The van der Waals surface area contributed by atoms with Crippen LogP contribution >= 0.6 is 15.9 Å². The molecular formula is C11H12BrN5O. The van der Waals surface area contributed by atoms with Gasteiger partial charge >= 0.3 is 6.03 Å². The number of rotatable bonds is 4. The molecule has 6 nitrogen and oxygen atoms in total. The standard InChI is InChI=1S/C11H12BrN5O/c12-9-3-1-2-8(6-9)4-5-13-11(18)16-10-14-7-15-17-10/h1-3,6-7H,4-5H2,(H3,13,14,15,16,17,18). The summed E-state index contributed by atoms with van der Waals surface area (Å²) in [6, 6.07) is 7.67. The van der Waals surface area contributed by atoms with Crippen molar-refractivity contribution in [3.63, 3.8) is 0 Å². The molecule has 2 amide bonds. The fourth-order valence-electron chi connectivity index (χ4n) is 1.43. The monoisotopic (exact) mass is 309 g/mol. The van der Waals surface area contributed by atoms with Crippen molar-refractivity contribution in [3.8, 4) is 0 Å². The van der Waals surface area contributed by atoms with E-state index in [1.807, 2.05) is 24.3 Å². The number of nitrogens with one attached hydrogen (secondary N) is 3. The Balaban J connectivity index is 1.73. The first-order valence-electron chi connectivity index (χ1n) is 5.39. The Hall–Kier alpha value is -1.89. The minimum Gasteiger partial charge on any atom is -0.337 e. The van der Waals surface area contributed by atoms with Crippen LogP contribution in [0.25, 0.3) is 0 Å². The normalized spacial score (nSPS) is 10.1. The summed E-state index contributed by atoms with van der Waals surface area (Å²) in [5.41, 5.74) is 1.16. The van der Waals surface area contributed by atoms with Crippen LogP contribution in [0.4, 0.5) is 10.7 Å². The first-order chi connectivity index (χ1) is 8.74. The van der Waals surface area contributed by atoms with E-state index in [4.69, 9.17) is 0 Å². The Kier molecular flexibility index (Phi) is 4.30. The van der Waals surface area contributed by atoms with E-state index in [2.05, 4.69) is 41.7 Å². The SMILES string of the molecule is O=C(NCCc1cccc(Br)c1)Nc1ncn[nH]1. The highest BCUT2D eigenvalue weighted by molar-refractivity contribution is 9.10. The third-order valence-electron chi connectivity index (χ3n) is 2.24. The molecule has 0 fully saturated rings. The molecule has 94 valence electrons. The van der Waals surface area contributed by atoms with Gasteiger partial charge in [0.05, 0.1) is 0 Å². The van der Waals surface area contributed by atoms with Gasteiger partial charge in [-0.3, -0.25) is 5.32 Å². The second kappa shape index (κ2) is 6.15. The minimum atomic E-state index is -0.304. The van der Waals surface area contributed by atoms with E-state index in [0.29, 0.717) is 12.5 Å². The zero-order valence-electron chi connectivity index (χ0n) is 9.48. The van der Waals surface area contributed by atoms with E-state index in [1.54, 1.807) is 0 Å². The number of halogens is 1. The van der Waals surface area contributed by atoms with Crippen molar-refractivity contribution in [2.75, 3.05) is 11.9 Å². The lowest BCUT2D eigenvalue weighted by Gasteiger charge is -2.05. The van der Waals surface area contributed by atoms with Crippen LogP contribution in [-0.2, 0) is 6.42 Å². The van der Waals surface area contributed by atoms with E-state index in [0.717, 1.165) is 16.5 Å². The number of H-pyrrole nitrogens is 1. The van der Waals surface area contributed by atoms with Gasteiger partial charge in [-0.05, 0) is 24.1 Å². The van der Waals surface area contributed by atoms with Crippen molar-refractivity contribution >= 4 is 27.9 Å². The molecule has 3 N–H and O–H groups in total. The zero-order chi connectivity index (χ0) is 12.8. The number of anilines is 1. The first kappa shape index (κ1) is 12.6. The van der Waals surface area contributed by atoms with Crippen molar-refractivity contribution in [2.45, 2.75) is 6.42 Å². The lowest BCUT2D eigenvalue weighted by atomic mass is 10.1. The lowest BCUT2D eigenvalue weighted by Crippen LogP contribution is -2.30. The van der Waals surface area contributed by atoms with Crippen molar-refractivity contribution in [1.29, 1.82) is 0 Å². The molecule has 0 saturated carbocycles. The van der Waals surface area contributed by atoms with Gasteiger partial charge in [-0.1, -0.05) is 28.1 Å². The molecule has 0 unspecified atom stereocenters. The molecule has 0 aliphatic carbocycles. The summed E-state index contributed by atoms with van der Waals surface area (Å²) >= 11 is 3.40. The molecule has 0 radical (unpaired) electrons. The number of carbonyl (C=O) groups excluding carboxylic acids is 1. The van der Waals surface area contributed by atoms with Crippen LogP contribution < -0.4 is 10.6 Å². The smallest absolute Gasteiger partial charge is 0.321 e. The Morgan fingerprint density at radius 2 is 2.33 bits per heavy atom. The van der Waals surface area contributed by atoms with Gasteiger partial charge in [-0.25, -0.2) is 9.89 Å². The van der Waals surface area contributed by atoms with E-state index >= 15 is 0 Å². The summed E-state index contributed by atoms with van der Waals surface area (Å²) in [4.78, 5) is 15.2. The number of aromatic amines is 1. The molecule has 0 aliphatic heterocycles. The fraction of sp³-hybridized carbons (Fsp3) is 0.182. The third kappa shape index (κ3) is 3.85. The summed E-state index contributed by atoms with van der Waals surface area (Å²) < 4.78 is 1.03. The minimum absolute atomic E-state index is 0.304. The zero-order valence-corrected chi connectivity index (χ0v) is 11.1. The van der Waals surface area contributed by atoms with E-state index in [1.165, 1.54) is 6.33 Å². The van der Waals surface area contributed by atoms with Crippen LogP contribution in [0.2, 0.25) is 0 Å². The molecule has 0 aliphatic rings. The molecule has 0 atom stereocenters. The second-order valence-corrected chi connectivity index (χ2v) is 4.51. The summed E-state index contributed by atoms with van der Waals surface area (Å²) in [6.45, 7) is 0.552. The summed E-state index contributed by atoms with van der Waals surface area (Å²) in [5.74, 6) is 0.329. The van der Waals surface area contributed by atoms with E-state index in [9.17, 15) is 4.79 Å². The first-order valence-corrected chi connectivity index (χ1v) is 6.18. The molecule has 2 aromatic rings. The van der Waals surface area contributed by atoms with Gasteiger partial charge in [0, 0.05) is 11.0 Å². The van der Waals surface area contributed by atoms with Crippen LogP contribution in [-0.4, -0.2) is 27.8 Å². The van der Waals surface area contributed by atoms with Gasteiger partial charge < -0.3 is 5.32 Å². The number of carbonyl (C=O) groups is 1. The average molecular weight is 310 g/mol. The summed E-state index contributed by atoms with van der Waals surface area (Å²) in [7, 11) is 0. The maximum absolute atomic E-state index is 11.4. The number of aromatic nitrogens is 3. The van der Waals surface area contributed by atoms with Crippen LogP contribution in [0.5, 0.6) is 0 Å². The number of hydrogen-bond acceptors (Lipinski definition) is 3. The maximum Gasteiger partial charge on any atom is 0.321 e. The molecule has 0 saturated heterocycles. The van der Waals surface area contributed by atoms with E-state index in [-0.39, 0.29) is 6.03 Å². The highest BCUT2D eigenvalue weighted by atomic mass is 79.9. The molecule has 1 aromatic heterocycles. The van der Waals surface area contributed by atoms with Gasteiger partial charge in [0.15, 0.2) is 0 Å². The van der Waals surface area contributed by atoms with Gasteiger partial charge in [-0.2, -0.15) is 10.1 Å². The Bertz CT molecular complexity index is 514. The van der Waals surface area contributed by atoms with Gasteiger partial charge in [-0.15, -0.1) is 0 Å². The number of amides is 2. The predicted molar refractivity (Wildman–Crippen MR) is 71.3 cm³/mol. The quantitative estimate of drug-likeness (QED) is 0.807. The Morgan fingerprint density at radius 1 is 1.44 bits per heavy atom. The molecular weight excluding hydrogens is 298 g/mol. The number of nitrogens with zero attached hydrogens (tertiary/aromatic N) is 2. The van der Waals surface area contributed by atoms with Gasteiger partial charge in [0.2, 0.25) is 5.95 Å². The van der Waals surface area contributed by atoms with Crippen LogP contribution in [0.1, 0.15) is 5.56 Å². The average Bonchev–Trinajstić information content (AvgIpc) is 2.82. The van der Waals surface area contributed by atoms with Gasteiger partial charge in [0.1, 0.15) is 6.33 Å². The summed E-state index contributed by atoms with van der Waals surface area (Å²) in [5, 5.41) is 11.4. The number of urea groups is 1. The van der Waals surface area contributed by atoms with Crippen molar-refractivity contribution in [1.82, 2.24) is 20.5 Å². The van der Waals surface area contributed by atoms with Crippen molar-refractivity contribution in [3.05, 3.63) is 40.6 Å². The highest BCUT2D eigenvalue weighted by Gasteiger charge is 2.02. The molecule has 2 rings (SSSR count). The predicted octanol–water partition coefficient (Wildman–Crippen LogP) is 1.93. The van der Waals surface area contributed by atoms with Crippen LogP contribution in [0.15, 0.2) is 35.1 Å². The molecule has 1 heterocycles. The van der Waals surface area contributed by atoms with Crippen LogP contribution in [0.3, 0.4) is 0 Å². The Morgan fingerprint density at radius 3 is 3.06 bits per heavy atom. The number of hydrogen-bond donors (Lipinski definition) is 3. The molecule has 0 spiro atoms. The van der Waals surface area contributed by atoms with Crippen molar-refractivity contribution in [2.24, 2.45) is 0 Å². The molecule has 7 heteroatoms. The second-order valence-electron chi connectivity index (χ2n) is 3.59. The fourth-order valence-corrected chi connectivity index (χ4v) is 1.88. The highest BCUT2D eigenvalue weighted by Crippen LogP contribution is 2.11. The van der Waals surface area contributed by atoms with Gasteiger partial charge in [0.25, 0.3) is 0 Å². The largest absolute Gasteiger partial charge is 0.337 e. The molecule has 0 bridgehead atoms. The molecule has 1 aromatic carbocycles. The van der Waals surface area contributed by atoms with Crippen LogP contribution in [0, 0.1) is 0 Å². The topological polar surface area (TPSA) is 82.7 Å². The Labute approximate surface area is 112 Å². The summed E-state index contributed by atoms with van der Waals surface area (Å²) in [6.07, 6.45) is 2.10. The number of benzene rings is 1. The third-order valence-corrected chi connectivity index (χ3v) is 2.73. The van der Waals surface area contributed by atoms with Crippen molar-refractivity contribution < 1.29 is 4.79 Å². The maximum atomic E-state index is 11.4. The van der Waals surface area contributed by atoms with E-state index < -0.39 is 0 Å². The lowest BCUT2D eigenvalue weighted by molar-refractivity contribution is 0.252.